The van der Waals surface area contributed by atoms with E-state index in [0.717, 1.165) is 20.8 Å². The first-order valence-corrected chi connectivity index (χ1v) is 10.6. The van der Waals surface area contributed by atoms with E-state index in [2.05, 4.69) is 20.2 Å². The summed E-state index contributed by atoms with van der Waals surface area (Å²) < 4.78 is 16.4. The van der Waals surface area contributed by atoms with Crippen molar-refractivity contribution in [2.24, 2.45) is 0 Å². The predicted octanol–water partition coefficient (Wildman–Crippen LogP) is 5.29. The molecule has 0 amide bonds. The molecule has 0 aliphatic rings. The first kappa shape index (κ1) is 18.0. The summed E-state index contributed by atoms with van der Waals surface area (Å²) in [5.41, 5.74) is 1.50. The molecule has 142 valence electrons. The first-order chi connectivity index (χ1) is 14.3. The van der Waals surface area contributed by atoms with Crippen molar-refractivity contribution >= 4 is 33.3 Å². The summed E-state index contributed by atoms with van der Waals surface area (Å²) in [5.74, 6) is 0.165. The smallest absolute Gasteiger partial charge is 0.198 e. The molecular formula is C21H14FN5S2. The third-order valence-corrected chi connectivity index (χ3v) is 6.25. The zero-order valence-electron chi connectivity index (χ0n) is 15.1. The largest absolute Gasteiger partial charge is 0.297 e. The monoisotopic (exact) mass is 419 g/mol. The van der Waals surface area contributed by atoms with Gasteiger partial charge in [-0.05, 0) is 40.9 Å². The van der Waals surface area contributed by atoms with Gasteiger partial charge in [0.1, 0.15) is 22.0 Å². The third kappa shape index (κ3) is 3.52. The van der Waals surface area contributed by atoms with Gasteiger partial charge >= 0.3 is 0 Å². The second-order valence-electron chi connectivity index (χ2n) is 6.28. The van der Waals surface area contributed by atoms with Crippen molar-refractivity contribution in [2.75, 3.05) is 0 Å². The highest BCUT2D eigenvalue weighted by molar-refractivity contribution is 7.99. The molecule has 0 radical (unpaired) electrons. The van der Waals surface area contributed by atoms with Crippen molar-refractivity contribution in [1.82, 2.24) is 24.7 Å². The standard InChI is InChI=1S/C21H14FN5S2/c22-17-9-5-4-8-15(17)18-25-26-21(27(18)12-14-6-2-1-3-7-14)29-20-16-10-11-28-19(16)23-13-24-20/h1-11,13H,12H2. The van der Waals surface area contributed by atoms with Gasteiger partial charge in [0.2, 0.25) is 0 Å². The fraction of sp³-hybridized carbons (Fsp3) is 0.0476. The quantitative estimate of drug-likeness (QED) is 0.362. The van der Waals surface area contributed by atoms with Gasteiger partial charge in [-0.3, -0.25) is 4.57 Å². The van der Waals surface area contributed by atoms with Crippen molar-refractivity contribution in [3.8, 4) is 11.4 Å². The minimum Gasteiger partial charge on any atom is -0.297 e. The number of hydrogen-bond donors (Lipinski definition) is 0. The van der Waals surface area contributed by atoms with Crippen LogP contribution >= 0.6 is 23.1 Å². The minimum atomic E-state index is -0.326. The van der Waals surface area contributed by atoms with Gasteiger partial charge in [-0.15, -0.1) is 21.5 Å². The number of benzene rings is 2. The van der Waals surface area contributed by atoms with Crippen LogP contribution in [0.3, 0.4) is 0 Å². The molecule has 0 aliphatic heterocycles. The van der Waals surface area contributed by atoms with E-state index in [1.165, 1.54) is 17.8 Å². The van der Waals surface area contributed by atoms with Crippen LogP contribution in [0.25, 0.3) is 21.6 Å². The van der Waals surface area contributed by atoms with Crippen molar-refractivity contribution in [2.45, 2.75) is 16.7 Å². The number of nitrogens with zero attached hydrogens (tertiary/aromatic N) is 5. The van der Waals surface area contributed by atoms with E-state index in [4.69, 9.17) is 0 Å². The number of halogens is 1. The maximum atomic E-state index is 14.5. The Hall–Kier alpha value is -3.10. The highest BCUT2D eigenvalue weighted by Crippen LogP contribution is 2.34. The average Bonchev–Trinajstić information content (AvgIpc) is 3.38. The Morgan fingerprint density at radius 1 is 0.931 bits per heavy atom. The minimum absolute atomic E-state index is 0.326. The second kappa shape index (κ2) is 7.73. The van der Waals surface area contributed by atoms with Crippen LogP contribution in [0.15, 0.2) is 82.6 Å². The molecule has 0 fully saturated rings. The predicted molar refractivity (Wildman–Crippen MR) is 112 cm³/mol. The maximum Gasteiger partial charge on any atom is 0.198 e. The van der Waals surface area contributed by atoms with Gasteiger partial charge in [0, 0.05) is 5.39 Å². The lowest BCUT2D eigenvalue weighted by Crippen LogP contribution is -2.05. The highest BCUT2D eigenvalue weighted by atomic mass is 32.2. The van der Waals surface area contributed by atoms with Crippen molar-refractivity contribution in [3.05, 3.63) is 83.8 Å². The molecule has 0 unspecified atom stereocenters. The first-order valence-electron chi connectivity index (χ1n) is 8.87. The Morgan fingerprint density at radius 3 is 2.62 bits per heavy atom. The van der Waals surface area contributed by atoms with Gasteiger partial charge in [-0.2, -0.15) is 0 Å². The summed E-state index contributed by atoms with van der Waals surface area (Å²) in [4.78, 5) is 9.65. The lowest BCUT2D eigenvalue weighted by atomic mass is 10.2. The maximum absolute atomic E-state index is 14.5. The van der Waals surface area contributed by atoms with Gasteiger partial charge in [0.25, 0.3) is 0 Å². The van der Waals surface area contributed by atoms with Crippen molar-refractivity contribution in [3.63, 3.8) is 0 Å². The number of hydrogen-bond acceptors (Lipinski definition) is 6. The summed E-state index contributed by atoms with van der Waals surface area (Å²) in [5, 5.41) is 13.1. The third-order valence-electron chi connectivity index (χ3n) is 4.43. The van der Waals surface area contributed by atoms with Crippen LogP contribution in [-0.4, -0.2) is 24.7 Å². The molecule has 0 spiro atoms. The molecule has 5 nitrogen and oxygen atoms in total. The van der Waals surface area contributed by atoms with Crippen molar-refractivity contribution < 1.29 is 4.39 Å². The van der Waals surface area contributed by atoms with E-state index in [-0.39, 0.29) is 5.82 Å². The fourth-order valence-corrected chi connectivity index (χ4v) is 4.74. The molecule has 0 saturated carbocycles. The van der Waals surface area contributed by atoms with E-state index in [1.54, 1.807) is 35.9 Å². The molecule has 29 heavy (non-hydrogen) atoms. The summed E-state index contributed by atoms with van der Waals surface area (Å²) in [6, 6.07) is 18.6. The van der Waals surface area contributed by atoms with Crippen LogP contribution in [0.1, 0.15) is 5.56 Å². The normalized spacial score (nSPS) is 11.2. The summed E-state index contributed by atoms with van der Waals surface area (Å²) >= 11 is 2.98. The molecule has 0 bridgehead atoms. The topological polar surface area (TPSA) is 56.5 Å². The molecule has 0 atom stereocenters. The molecule has 5 aromatic rings. The van der Waals surface area contributed by atoms with Gasteiger partial charge in [0.05, 0.1) is 12.1 Å². The van der Waals surface area contributed by atoms with Crippen LogP contribution < -0.4 is 0 Å². The van der Waals surface area contributed by atoms with Gasteiger partial charge in [0.15, 0.2) is 11.0 Å². The number of rotatable bonds is 5. The summed E-state index contributed by atoms with van der Waals surface area (Å²) in [6.07, 6.45) is 1.55. The Morgan fingerprint density at radius 2 is 1.76 bits per heavy atom. The molecule has 3 aromatic heterocycles. The lowest BCUT2D eigenvalue weighted by Gasteiger charge is -2.11. The highest BCUT2D eigenvalue weighted by Gasteiger charge is 2.19. The Kier molecular flexibility index (Phi) is 4.79. The Labute approximate surface area is 174 Å². The molecular weight excluding hydrogens is 405 g/mol. The lowest BCUT2D eigenvalue weighted by molar-refractivity contribution is 0.626. The van der Waals surface area contributed by atoms with Crippen LogP contribution in [0, 0.1) is 5.82 Å². The van der Waals surface area contributed by atoms with Gasteiger partial charge in [-0.1, -0.05) is 42.5 Å². The molecule has 3 heterocycles. The number of aromatic nitrogens is 5. The molecule has 0 saturated heterocycles. The Bertz CT molecular complexity index is 1280. The van der Waals surface area contributed by atoms with Gasteiger partial charge in [-0.25, -0.2) is 14.4 Å². The van der Waals surface area contributed by atoms with E-state index in [9.17, 15) is 4.39 Å². The van der Waals surface area contributed by atoms with E-state index in [0.29, 0.717) is 23.1 Å². The zero-order valence-corrected chi connectivity index (χ0v) is 16.7. The molecule has 0 aliphatic carbocycles. The molecule has 2 aromatic carbocycles. The van der Waals surface area contributed by atoms with Crippen molar-refractivity contribution in [1.29, 1.82) is 0 Å². The van der Waals surface area contributed by atoms with Crippen LogP contribution in [0.4, 0.5) is 4.39 Å². The second-order valence-corrected chi connectivity index (χ2v) is 8.13. The molecule has 5 rings (SSSR count). The van der Waals surface area contributed by atoms with Gasteiger partial charge < -0.3 is 0 Å². The fourth-order valence-electron chi connectivity index (χ4n) is 3.05. The number of thiophene rings is 1. The van der Waals surface area contributed by atoms with Crippen LogP contribution in [0.2, 0.25) is 0 Å². The van der Waals surface area contributed by atoms with Crippen LogP contribution in [0.5, 0.6) is 0 Å². The van der Waals surface area contributed by atoms with Crippen LogP contribution in [-0.2, 0) is 6.54 Å². The zero-order chi connectivity index (χ0) is 19.6. The SMILES string of the molecule is Fc1ccccc1-c1nnc(Sc2ncnc3sccc23)n1Cc1ccccc1. The molecule has 8 heteroatoms. The van der Waals surface area contributed by atoms with E-state index < -0.39 is 0 Å². The number of fused-ring (bicyclic) bond motifs is 1. The average molecular weight is 420 g/mol. The van der Waals surface area contributed by atoms with E-state index >= 15 is 0 Å². The molecule has 0 N–H and O–H groups in total. The Balaban J connectivity index is 1.61. The summed E-state index contributed by atoms with van der Waals surface area (Å²) in [6.45, 7) is 0.526. The van der Waals surface area contributed by atoms with E-state index in [1.807, 2.05) is 46.3 Å². The summed E-state index contributed by atoms with van der Waals surface area (Å²) in [7, 11) is 0.